The largest absolute Gasteiger partial charge is 0.508 e. The highest BCUT2D eigenvalue weighted by atomic mass is 16.3. The first-order chi connectivity index (χ1) is 17.6. The van der Waals surface area contributed by atoms with Crippen molar-refractivity contribution in [2.75, 3.05) is 55.6 Å². The molecular formula is C25H27N9O2. The molecule has 0 unspecified atom stereocenters. The van der Waals surface area contributed by atoms with Gasteiger partial charge in [-0.1, -0.05) is 0 Å². The zero-order valence-electron chi connectivity index (χ0n) is 19.8. The van der Waals surface area contributed by atoms with E-state index in [1.165, 1.54) is 0 Å². The van der Waals surface area contributed by atoms with Crippen LogP contribution < -0.4 is 15.1 Å². The summed E-state index contributed by atoms with van der Waals surface area (Å²) >= 11 is 0. The van der Waals surface area contributed by atoms with Crippen LogP contribution in [0.5, 0.6) is 5.75 Å². The number of amides is 1. The maximum absolute atomic E-state index is 12.0. The van der Waals surface area contributed by atoms with Crippen LogP contribution in [0.1, 0.15) is 5.69 Å². The van der Waals surface area contributed by atoms with Gasteiger partial charge in [-0.05, 0) is 36.4 Å². The number of imidazole rings is 1. The number of hydrogen-bond donors (Lipinski definition) is 2. The average molecular weight is 486 g/mol. The first kappa shape index (κ1) is 22.2. The van der Waals surface area contributed by atoms with Crippen molar-refractivity contribution >= 4 is 28.7 Å². The standard InChI is InChI=1S/C25H27N9O2/c35-20-3-1-18(2-4-20)32-11-13-33(14-12-32)25-29-21(15-31-10-9-27-22(36)16-31)23-24(30-25)34(17-28-23)19-5-7-26-8-6-19/h1-8,17,35H,9-16H2,(H,27,36). The van der Waals surface area contributed by atoms with E-state index in [1.807, 2.05) is 28.8 Å². The van der Waals surface area contributed by atoms with Crippen molar-refractivity contribution in [3.05, 3.63) is 60.8 Å². The molecule has 184 valence electrons. The Morgan fingerprint density at radius 1 is 0.889 bits per heavy atom. The second kappa shape index (κ2) is 9.42. The number of anilines is 2. The van der Waals surface area contributed by atoms with E-state index in [0.717, 1.165) is 61.0 Å². The van der Waals surface area contributed by atoms with Gasteiger partial charge in [0.1, 0.15) is 17.6 Å². The van der Waals surface area contributed by atoms with Crippen molar-refractivity contribution in [1.29, 1.82) is 0 Å². The zero-order valence-corrected chi connectivity index (χ0v) is 19.8. The molecule has 0 radical (unpaired) electrons. The quantitative estimate of drug-likeness (QED) is 0.430. The fourth-order valence-electron chi connectivity index (χ4n) is 4.76. The summed E-state index contributed by atoms with van der Waals surface area (Å²) in [5, 5.41) is 12.5. The van der Waals surface area contributed by atoms with Crippen LogP contribution in [0.4, 0.5) is 11.6 Å². The predicted molar refractivity (Wildman–Crippen MR) is 135 cm³/mol. The smallest absolute Gasteiger partial charge is 0.234 e. The summed E-state index contributed by atoms with van der Waals surface area (Å²) in [7, 11) is 0. The number of pyridine rings is 1. The Bertz CT molecular complexity index is 1370. The Balaban J connectivity index is 1.32. The van der Waals surface area contributed by atoms with E-state index in [9.17, 15) is 9.90 Å². The molecule has 0 bridgehead atoms. The lowest BCUT2D eigenvalue weighted by Crippen LogP contribution is -2.48. The zero-order chi connectivity index (χ0) is 24.5. The highest BCUT2D eigenvalue weighted by Gasteiger charge is 2.24. The van der Waals surface area contributed by atoms with Crippen molar-refractivity contribution < 1.29 is 9.90 Å². The molecule has 2 N–H and O–H groups in total. The van der Waals surface area contributed by atoms with Gasteiger partial charge in [0.05, 0.1) is 17.9 Å². The van der Waals surface area contributed by atoms with E-state index in [0.29, 0.717) is 25.6 Å². The second-order valence-corrected chi connectivity index (χ2v) is 9.01. The van der Waals surface area contributed by atoms with E-state index in [1.54, 1.807) is 30.9 Å². The molecule has 0 aliphatic carbocycles. The van der Waals surface area contributed by atoms with Crippen LogP contribution in [0.15, 0.2) is 55.1 Å². The van der Waals surface area contributed by atoms with Gasteiger partial charge in [-0.3, -0.25) is 19.2 Å². The molecule has 0 spiro atoms. The molecule has 2 aliphatic heterocycles. The number of carbonyl (C=O) groups is 1. The summed E-state index contributed by atoms with van der Waals surface area (Å²) in [6.45, 7) is 5.43. The van der Waals surface area contributed by atoms with Crippen LogP contribution in [0.3, 0.4) is 0 Å². The maximum atomic E-state index is 12.0. The van der Waals surface area contributed by atoms with Crippen LogP contribution in [0.25, 0.3) is 16.9 Å². The fraction of sp³-hybridized carbons (Fsp3) is 0.320. The number of rotatable bonds is 5. The summed E-state index contributed by atoms with van der Waals surface area (Å²) in [4.78, 5) is 37.3. The fourth-order valence-corrected chi connectivity index (χ4v) is 4.76. The topological polar surface area (TPSA) is 116 Å². The highest BCUT2D eigenvalue weighted by molar-refractivity contribution is 5.79. The maximum Gasteiger partial charge on any atom is 0.234 e. The Labute approximate surface area is 208 Å². The molecule has 1 amide bonds. The predicted octanol–water partition coefficient (Wildman–Crippen LogP) is 1.17. The third-order valence-corrected chi connectivity index (χ3v) is 6.67. The summed E-state index contributed by atoms with van der Waals surface area (Å²) in [5.41, 5.74) is 4.31. The molecule has 1 aromatic carbocycles. The summed E-state index contributed by atoms with van der Waals surface area (Å²) in [5.74, 6) is 0.961. The highest BCUT2D eigenvalue weighted by Crippen LogP contribution is 2.25. The van der Waals surface area contributed by atoms with Crippen LogP contribution in [-0.2, 0) is 11.3 Å². The Kier molecular flexibility index (Phi) is 5.82. The van der Waals surface area contributed by atoms with Gasteiger partial charge in [-0.2, -0.15) is 4.98 Å². The van der Waals surface area contributed by atoms with Crippen molar-refractivity contribution in [3.8, 4) is 11.4 Å². The van der Waals surface area contributed by atoms with E-state index in [2.05, 4.69) is 30.0 Å². The number of nitrogens with zero attached hydrogens (tertiary/aromatic N) is 8. The van der Waals surface area contributed by atoms with E-state index >= 15 is 0 Å². The minimum Gasteiger partial charge on any atom is -0.508 e. The molecule has 2 aliphatic rings. The van der Waals surface area contributed by atoms with Crippen LogP contribution in [0, 0.1) is 0 Å². The third-order valence-electron chi connectivity index (χ3n) is 6.67. The average Bonchev–Trinajstić information content (AvgIpc) is 3.34. The van der Waals surface area contributed by atoms with Crippen LogP contribution in [0.2, 0.25) is 0 Å². The SMILES string of the molecule is O=C1CN(Cc2nc(N3CCN(c4ccc(O)cc4)CC3)nc3c2ncn3-c2ccncc2)CCN1. The molecule has 0 atom stereocenters. The molecule has 4 aromatic rings. The van der Waals surface area contributed by atoms with Gasteiger partial charge in [-0.25, -0.2) is 9.97 Å². The molecule has 11 heteroatoms. The van der Waals surface area contributed by atoms with Crippen LogP contribution in [-0.4, -0.2) is 86.2 Å². The molecule has 2 saturated heterocycles. The number of hydrogen-bond acceptors (Lipinski definition) is 9. The lowest BCUT2D eigenvalue weighted by atomic mass is 10.2. The summed E-state index contributed by atoms with van der Waals surface area (Å²) in [6, 6.07) is 11.2. The molecule has 3 aromatic heterocycles. The molecular weight excluding hydrogens is 458 g/mol. The number of fused-ring (bicyclic) bond motifs is 1. The van der Waals surface area contributed by atoms with Gasteiger partial charge in [-0.15, -0.1) is 0 Å². The summed E-state index contributed by atoms with van der Waals surface area (Å²) < 4.78 is 1.96. The number of phenols is 1. The Morgan fingerprint density at radius 3 is 2.39 bits per heavy atom. The van der Waals surface area contributed by atoms with Crippen molar-refractivity contribution in [2.45, 2.75) is 6.54 Å². The molecule has 5 heterocycles. The molecule has 36 heavy (non-hydrogen) atoms. The van der Waals surface area contributed by atoms with Gasteiger partial charge in [0.15, 0.2) is 5.65 Å². The minimum absolute atomic E-state index is 0.0273. The summed E-state index contributed by atoms with van der Waals surface area (Å²) in [6.07, 6.45) is 5.27. The van der Waals surface area contributed by atoms with Gasteiger partial charge in [0.25, 0.3) is 0 Å². The van der Waals surface area contributed by atoms with Crippen LogP contribution >= 0.6 is 0 Å². The van der Waals surface area contributed by atoms with Gasteiger partial charge in [0, 0.05) is 63.9 Å². The number of nitrogens with one attached hydrogen (secondary N) is 1. The van der Waals surface area contributed by atoms with Crippen molar-refractivity contribution in [2.24, 2.45) is 0 Å². The number of phenolic OH excluding ortho intramolecular Hbond substituents is 1. The van der Waals surface area contributed by atoms with Gasteiger partial charge < -0.3 is 20.2 Å². The van der Waals surface area contributed by atoms with E-state index < -0.39 is 0 Å². The molecule has 0 saturated carbocycles. The molecule has 11 nitrogen and oxygen atoms in total. The molecule has 2 fully saturated rings. The number of aromatic hydroxyl groups is 1. The Morgan fingerprint density at radius 2 is 1.64 bits per heavy atom. The minimum atomic E-state index is 0.0273. The normalized spacial score (nSPS) is 16.9. The number of carbonyl (C=O) groups excluding carboxylic acids is 1. The molecule has 6 rings (SSSR count). The van der Waals surface area contributed by atoms with E-state index in [4.69, 9.17) is 9.97 Å². The second-order valence-electron chi connectivity index (χ2n) is 9.01. The first-order valence-corrected chi connectivity index (χ1v) is 12.1. The number of benzene rings is 1. The first-order valence-electron chi connectivity index (χ1n) is 12.1. The van der Waals surface area contributed by atoms with Crippen molar-refractivity contribution in [3.63, 3.8) is 0 Å². The van der Waals surface area contributed by atoms with Gasteiger partial charge >= 0.3 is 0 Å². The van der Waals surface area contributed by atoms with Crippen molar-refractivity contribution in [1.82, 2.24) is 34.7 Å². The third kappa shape index (κ3) is 4.40. The van der Waals surface area contributed by atoms with Gasteiger partial charge in [0.2, 0.25) is 11.9 Å². The lowest BCUT2D eigenvalue weighted by Gasteiger charge is -2.36. The van der Waals surface area contributed by atoms with E-state index in [-0.39, 0.29) is 11.7 Å². The number of aromatic nitrogens is 5. The monoisotopic (exact) mass is 485 g/mol. The lowest BCUT2D eigenvalue weighted by molar-refractivity contribution is -0.124. The Hall–Kier alpha value is -4.25. The number of piperazine rings is 2.